The third-order valence-electron chi connectivity index (χ3n) is 8.93. The van der Waals surface area contributed by atoms with Gasteiger partial charge < -0.3 is 29.4 Å². The van der Waals surface area contributed by atoms with Gasteiger partial charge in [-0.3, -0.25) is 0 Å². The Morgan fingerprint density at radius 1 is 0.810 bits per heavy atom. The average Bonchev–Trinajstić information content (AvgIpc) is 3.65. The number of halogens is 2. The summed E-state index contributed by atoms with van der Waals surface area (Å²) in [6, 6.07) is 33.3. The molecule has 42 heavy (non-hydrogen) atoms. The molecule has 0 spiro atoms. The molecule has 0 N–H and O–H groups in total. The Morgan fingerprint density at radius 2 is 1.52 bits per heavy atom. The largest absolute Gasteiger partial charge is 3.00 e. The van der Waals surface area contributed by atoms with Gasteiger partial charge in [0.2, 0.25) is 0 Å². The number of fused-ring (bicyclic) bond motifs is 1. The molecule has 1 unspecified atom stereocenters. The van der Waals surface area contributed by atoms with E-state index in [2.05, 4.69) is 136 Å². The zero-order chi connectivity index (χ0) is 27.1. The summed E-state index contributed by atoms with van der Waals surface area (Å²) < 4.78 is 2.40. The van der Waals surface area contributed by atoms with Crippen LogP contribution in [0.3, 0.4) is 0 Å². The second-order valence-electron chi connectivity index (χ2n) is 12.0. The van der Waals surface area contributed by atoms with E-state index in [1.165, 1.54) is 70.0 Å². The summed E-state index contributed by atoms with van der Waals surface area (Å²) in [7, 11) is -1.17. The second-order valence-corrected chi connectivity index (χ2v) is 16.5. The first-order chi connectivity index (χ1) is 18.9. The van der Waals surface area contributed by atoms with Gasteiger partial charge in [0.05, 0.1) is 8.07 Å². The molecule has 4 aromatic carbocycles. The van der Waals surface area contributed by atoms with E-state index < -0.39 is 8.07 Å². The van der Waals surface area contributed by atoms with Crippen LogP contribution in [0.15, 0.2) is 103 Å². The van der Waals surface area contributed by atoms with Gasteiger partial charge >= 0.3 is 26.2 Å². The first kappa shape index (κ1) is 34.5. The van der Waals surface area contributed by atoms with Crippen LogP contribution in [0.4, 0.5) is 0 Å². The number of nitrogens with zero attached hydrogens (tertiary/aromatic N) is 1. The predicted molar refractivity (Wildman–Crippen MR) is 172 cm³/mol. The molecule has 0 fully saturated rings. The third-order valence-corrected chi connectivity index (χ3v) is 13.0. The van der Waals surface area contributed by atoms with Gasteiger partial charge in [-0.25, -0.2) is 0 Å². The van der Waals surface area contributed by atoms with Crippen LogP contribution in [-0.4, -0.2) is 12.6 Å². The van der Waals surface area contributed by atoms with Crippen LogP contribution < -0.4 is 24.8 Å². The number of allylic oxidation sites excluding steroid dienone is 1. The third kappa shape index (κ3) is 6.14. The van der Waals surface area contributed by atoms with Gasteiger partial charge in [0.25, 0.3) is 0 Å². The van der Waals surface area contributed by atoms with Gasteiger partial charge in [0, 0.05) is 23.1 Å². The van der Waals surface area contributed by atoms with Crippen molar-refractivity contribution in [3.63, 3.8) is 0 Å². The van der Waals surface area contributed by atoms with Crippen molar-refractivity contribution >= 4 is 24.0 Å². The molecule has 5 aromatic rings. The average molecular weight is 689 g/mol. The summed E-state index contributed by atoms with van der Waals surface area (Å²) in [5.41, 5.74) is 12.3. The van der Waals surface area contributed by atoms with Crippen LogP contribution in [0.1, 0.15) is 61.0 Å². The molecule has 2 bridgehead atoms. The monoisotopic (exact) mass is 686 g/mol. The summed E-state index contributed by atoms with van der Waals surface area (Å²) in [6.07, 6.45) is 7.36. The molecule has 215 valence electrons. The van der Waals surface area contributed by atoms with Gasteiger partial charge in [-0.05, 0) is 54.7 Å². The Labute approximate surface area is 284 Å². The van der Waals surface area contributed by atoms with E-state index in [-0.39, 0.29) is 51.0 Å². The standard InChI is InChI=1S/C21H23.C16H17NSi.2ClH.Zr/c1-3-4-5-7-17-10-12-18(13-11-17)20-9-6-8-19-14-16(2)15-21(19)20;1-11-15-13-9-10-17(12-7-5-4-6-8-12)14(13)16(11)18(15,2)3;;;/h6,8-15H,3-5,7H2,1-2H3;4-10,16H,1-3H3;2*1H;/q-1;;;;+3/p-2. The fraction of sp³-hybridized carbons (Fsp3) is 0.270. The van der Waals surface area contributed by atoms with E-state index >= 15 is 0 Å². The Balaban J connectivity index is 0.000000217. The second kappa shape index (κ2) is 14.2. The molecule has 1 aromatic heterocycles. The molecule has 2 aliphatic heterocycles. The molecule has 0 saturated heterocycles. The molecule has 1 radical (unpaired) electrons. The fourth-order valence-corrected chi connectivity index (χ4v) is 11.5. The fourth-order valence-electron chi connectivity index (χ4n) is 7.20. The van der Waals surface area contributed by atoms with Crippen molar-refractivity contribution in [3.8, 4) is 16.8 Å². The van der Waals surface area contributed by atoms with Crippen molar-refractivity contribution in [2.45, 2.75) is 65.1 Å². The van der Waals surface area contributed by atoms with Crippen molar-refractivity contribution in [1.29, 1.82) is 0 Å². The van der Waals surface area contributed by atoms with E-state index in [4.69, 9.17) is 0 Å². The van der Waals surface area contributed by atoms with Crippen molar-refractivity contribution in [1.82, 2.24) is 4.57 Å². The van der Waals surface area contributed by atoms with Gasteiger partial charge in [-0.2, -0.15) is 6.07 Å². The SMILES string of the molecule is CC1=C2c3ccn(-c4ccccc4)c3C1[Si]2(C)C.CCCCCc1ccc(-c2cccc3[cH-]c(C)cc23)cc1.[Cl-].[Cl-].[Zr+3]. The van der Waals surface area contributed by atoms with Crippen LogP contribution in [-0.2, 0) is 32.6 Å². The minimum absolute atomic E-state index is 0. The van der Waals surface area contributed by atoms with E-state index in [1.807, 2.05) is 0 Å². The molecule has 3 aliphatic rings. The molecule has 1 aliphatic carbocycles. The number of hydrogen-bond donors (Lipinski definition) is 0. The van der Waals surface area contributed by atoms with Crippen LogP contribution in [0.2, 0.25) is 13.1 Å². The number of aromatic nitrogens is 1. The summed E-state index contributed by atoms with van der Waals surface area (Å²) in [4.78, 5) is 0. The van der Waals surface area contributed by atoms with Crippen molar-refractivity contribution < 1.29 is 51.0 Å². The molecular weight excluding hydrogens is 649 g/mol. The van der Waals surface area contributed by atoms with E-state index in [9.17, 15) is 0 Å². The first-order valence-electron chi connectivity index (χ1n) is 14.6. The topological polar surface area (TPSA) is 4.93 Å². The van der Waals surface area contributed by atoms with Gasteiger partial charge in [0.15, 0.2) is 0 Å². The maximum Gasteiger partial charge on any atom is 3.00 e. The Kier molecular flexibility index (Phi) is 11.6. The van der Waals surface area contributed by atoms with Gasteiger partial charge in [-0.15, -0.1) is 34.5 Å². The molecule has 5 heteroatoms. The first-order valence-corrected chi connectivity index (χ1v) is 17.7. The quantitative estimate of drug-likeness (QED) is 0.142. The molecule has 0 saturated carbocycles. The van der Waals surface area contributed by atoms with Crippen molar-refractivity contribution in [2.75, 3.05) is 0 Å². The molecule has 1 atom stereocenters. The zero-order valence-corrected chi connectivity index (χ0v) is 30.3. The Hall–Kier alpha value is -2.03. The summed E-state index contributed by atoms with van der Waals surface area (Å²) in [5, 5.41) is 4.43. The maximum atomic E-state index is 2.51. The maximum absolute atomic E-state index is 2.51. The summed E-state index contributed by atoms with van der Waals surface area (Å²) in [6.45, 7) is 11.8. The Morgan fingerprint density at radius 3 is 2.19 bits per heavy atom. The summed E-state index contributed by atoms with van der Waals surface area (Å²) >= 11 is 0. The zero-order valence-electron chi connectivity index (χ0n) is 25.3. The normalized spacial score (nSPS) is 15.4. The molecule has 3 heterocycles. The van der Waals surface area contributed by atoms with E-state index in [1.54, 1.807) is 16.5 Å². The minimum Gasteiger partial charge on any atom is -1.00 e. The van der Waals surface area contributed by atoms with E-state index in [0.717, 1.165) is 5.54 Å². The van der Waals surface area contributed by atoms with Crippen LogP contribution >= 0.6 is 0 Å². The number of benzene rings is 3. The molecule has 8 rings (SSSR count). The van der Waals surface area contributed by atoms with Crippen LogP contribution in [0, 0.1) is 6.92 Å². The number of hydrogen-bond acceptors (Lipinski definition) is 0. The smallest absolute Gasteiger partial charge is 1.00 e. The number of rotatable bonds is 6. The molecule has 1 nitrogen and oxygen atoms in total. The van der Waals surface area contributed by atoms with Gasteiger partial charge in [-0.1, -0.05) is 105 Å². The number of aryl methyl sites for hydroxylation is 2. The van der Waals surface area contributed by atoms with Crippen LogP contribution in [0.25, 0.3) is 32.8 Å². The van der Waals surface area contributed by atoms with Gasteiger partial charge in [0.1, 0.15) is 0 Å². The predicted octanol–water partition coefficient (Wildman–Crippen LogP) is 4.42. The number of unbranched alkanes of at least 4 members (excludes halogenated alkanes) is 2. The van der Waals surface area contributed by atoms with Crippen molar-refractivity contribution in [3.05, 3.63) is 125 Å². The number of para-hydroxylation sites is 1. The summed E-state index contributed by atoms with van der Waals surface area (Å²) in [5.74, 6) is 0. The molecule has 0 amide bonds. The minimum atomic E-state index is -1.17. The van der Waals surface area contributed by atoms with Crippen molar-refractivity contribution in [2.24, 2.45) is 0 Å². The Bertz CT molecular complexity index is 1660. The van der Waals surface area contributed by atoms with Crippen LogP contribution in [0.5, 0.6) is 0 Å². The molecular formula is C37H40Cl2NSiZr. The van der Waals surface area contributed by atoms with E-state index in [0.29, 0.717) is 0 Å².